The van der Waals surface area contributed by atoms with Crippen molar-refractivity contribution in [1.82, 2.24) is 14.8 Å². The summed E-state index contributed by atoms with van der Waals surface area (Å²) >= 11 is 0. The molecule has 0 radical (unpaired) electrons. The quantitative estimate of drug-likeness (QED) is 0.875. The van der Waals surface area contributed by atoms with Crippen molar-refractivity contribution in [2.45, 2.75) is 70.9 Å². The van der Waals surface area contributed by atoms with Gasteiger partial charge in [-0.15, -0.1) is 10.2 Å². The van der Waals surface area contributed by atoms with Gasteiger partial charge in [0.1, 0.15) is 12.4 Å². The van der Waals surface area contributed by atoms with Crippen LogP contribution in [0.2, 0.25) is 0 Å². The van der Waals surface area contributed by atoms with Crippen LogP contribution in [0.1, 0.15) is 70.6 Å². The molecular formula is C13H23N3O. The van der Waals surface area contributed by atoms with Gasteiger partial charge < -0.3 is 9.67 Å². The zero-order valence-electron chi connectivity index (χ0n) is 11.1. The molecule has 0 atom stereocenters. The summed E-state index contributed by atoms with van der Waals surface area (Å²) in [6.07, 6.45) is 6.10. The SMILES string of the molecule is CCC1(c2nnc(CO)n2C(C)C)CCCC1. The maximum Gasteiger partial charge on any atom is 0.159 e. The lowest BCUT2D eigenvalue weighted by molar-refractivity contribution is 0.258. The predicted molar refractivity (Wildman–Crippen MR) is 66.8 cm³/mol. The van der Waals surface area contributed by atoms with Crippen molar-refractivity contribution in [3.8, 4) is 0 Å². The van der Waals surface area contributed by atoms with E-state index in [4.69, 9.17) is 0 Å². The van der Waals surface area contributed by atoms with Gasteiger partial charge in [-0.3, -0.25) is 0 Å². The molecule has 1 aromatic rings. The summed E-state index contributed by atoms with van der Waals surface area (Å²) in [5, 5.41) is 17.9. The molecule has 0 unspecified atom stereocenters. The lowest BCUT2D eigenvalue weighted by atomic mass is 9.82. The minimum absolute atomic E-state index is 0.0228. The Morgan fingerprint density at radius 2 is 1.94 bits per heavy atom. The van der Waals surface area contributed by atoms with Crippen LogP contribution in [0.3, 0.4) is 0 Å². The van der Waals surface area contributed by atoms with Gasteiger partial charge in [-0.05, 0) is 33.1 Å². The molecule has 2 rings (SSSR count). The molecule has 0 spiro atoms. The molecule has 0 aromatic carbocycles. The minimum Gasteiger partial charge on any atom is -0.388 e. The van der Waals surface area contributed by atoms with E-state index < -0.39 is 0 Å². The Hall–Kier alpha value is -0.900. The molecular weight excluding hydrogens is 214 g/mol. The normalized spacial score (nSPS) is 19.1. The first kappa shape index (κ1) is 12.6. The molecule has 0 amide bonds. The predicted octanol–water partition coefficient (Wildman–Crippen LogP) is 2.57. The summed E-state index contributed by atoms with van der Waals surface area (Å²) in [5.74, 6) is 1.80. The fourth-order valence-electron chi connectivity index (χ4n) is 3.12. The maximum atomic E-state index is 9.36. The molecule has 96 valence electrons. The number of nitrogens with zero attached hydrogens (tertiary/aromatic N) is 3. The highest BCUT2D eigenvalue weighted by atomic mass is 16.3. The molecule has 1 saturated carbocycles. The smallest absolute Gasteiger partial charge is 0.159 e. The second kappa shape index (κ2) is 4.77. The highest BCUT2D eigenvalue weighted by Gasteiger charge is 2.39. The number of aromatic nitrogens is 3. The second-order valence-electron chi connectivity index (χ2n) is 5.40. The monoisotopic (exact) mass is 237 g/mol. The van der Waals surface area contributed by atoms with Crippen LogP contribution < -0.4 is 0 Å². The molecule has 0 bridgehead atoms. The minimum atomic E-state index is -0.0228. The van der Waals surface area contributed by atoms with E-state index in [1.54, 1.807) is 0 Å². The Kier molecular flexibility index (Phi) is 3.52. The van der Waals surface area contributed by atoms with E-state index in [1.807, 2.05) is 0 Å². The van der Waals surface area contributed by atoms with Crippen LogP contribution >= 0.6 is 0 Å². The Balaban J connectivity index is 2.47. The fraction of sp³-hybridized carbons (Fsp3) is 0.846. The molecule has 1 aliphatic carbocycles. The third-order valence-electron chi connectivity index (χ3n) is 4.14. The zero-order chi connectivity index (χ0) is 12.5. The van der Waals surface area contributed by atoms with Gasteiger partial charge in [0, 0.05) is 11.5 Å². The van der Waals surface area contributed by atoms with Gasteiger partial charge in [-0.1, -0.05) is 19.8 Å². The zero-order valence-corrected chi connectivity index (χ0v) is 11.1. The van der Waals surface area contributed by atoms with Crippen LogP contribution in [0.25, 0.3) is 0 Å². The molecule has 1 heterocycles. The number of aliphatic hydroxyl groups excluding tert-OH is 1. The van der Waals surface area contributed by atoms with Crippen molar-refractivity contribution >= 4 is 0 Å². The molecule has 1 aromatic heterocycles. The number of rotatable bonds is 4. The summed E-state index contributed by atoms with van der Waals surface area (Å²) in [6.45, 7) is 6.48. The molecule has 17 heavy (non-hydrogen) atoms. The van der Waals surface area contributed by atoms with Gasteiger partial charge in [0.05, 0.1) is 0 Å². The van der Waals surface area contributed by atoms with Gasteiger partial charge in [0.15, 0.2) is 5.82 Å². The maximum absolute atomic E-state index is 9.36. The van der Waals surface area contributed by atoms with Crippen LogP contribution in [0.15, 0.2) is 0 Å². The van der Waals surface area contributed by atoms with Crippen LogP contribution in [-0.2, 0) is 12.0 Å². The summed E-state index contributed by atoms with van der Waals surface area (Å²) in [7, 11) is 0. The average molecular weight is 237 g/mol. The van der Waals surface area contributed by atoms with E-state index in [9.17, 15) is 5.11 Å². The summed E-state index contributed by atoms with van der Waals surface area (Å²) < 4.78 is 2.13. The standard InChI is InChI=1S/C13H23N3O/c1-4-13(7-5-6-8-13)12-15-14-11(9-17)16(12)10(2)3/h10,17H,4-9H2,1-3H3. The Morgan fingerprint density at radius 1 is 1.29 bits per heavy atom. The third kappa shape index (κ3) is 1.99. The van der Waals surface area contributed by atoms with Crippen LogP contribution in [0.4, 0.5) is 0 Å². The van der Waals surface area contributed by atoms with Crippen molar-refractivity contribution in [1.29, 1.82) is 0 Å². The largest absolute Gasteiger partial charge is 0.388 e. The number of hydrogen-bond donors (Lipinski definition) is 1. The van der Waals surface area contributed by atoms with Crippen molar-refractivity contribution in [3.63, 3.8) is 0 Å². The van der Waals surface area contributed by atoms with Gasteiger partial charge in [0.2, 0.25) is 0 Å². The Labute approximate surface area is 103 Å². The fourth-order valence-corrected chi connectivity index (χ4v) is 3.12. The van der Waals surface area contributed by atoms with E-state index >= 15 is 0 Å². The highest BCUT2D eigenvalue weighted by Crippen LogP contribution is 2.43. The summed E-state index contributed by atoms with van der Waals surface area (Å²) in [6, 6.07) is 0.311. The van der Waals surface area contributed by atoms with Gasteiger partial charge in [0.25, 0.3) is 0 Å². The van der Waals surface area contributed by atoms with Gasteiger partial charge in [-0.2, -0.15) is 0 Å². The molecule has 1 N–H and O–H groups in total. The molecule has 4 nitrogen and oxygen atoms in total. The average Bonchev–Trinajstić information content (AvgIpc) is 2.95. The van der Waals surface area contributed by atoms with E-state index in [0.717, 1.165) is 12.2 Å². The van der Waals surface area contributed by atoms with Crippen LogP contribution in [-0.4, -0.2) is 19.9 Å². The van der Waals surface area contributed by atoms with Crippen molar-refractivity contribution in [2.24, 2.45) is 0 Å². The third-order valence-corrected chi connectivity index (χ3v) is 4.14. The van der Waals surface area contributed by atoms with Crippen molar-refractivity contribution in [3.05, 3.63) is 11.6 Å². The number of aliphatic hydroxyl groups is 1. The van der Waals surface area contributed by atoms with E-state index in [2.05, 4.69) is 35.5 Å². The van der Waals surface area contributed by atoms with E-state index in [0.29, 0.717) is 11.9 Å². The Morgan fingerprint density at radius 3 is 2.41 bits per heavy atom. The Bertz CT molecular complexity index is 378. The first-order valence-electron chi connectivity index (χ1n) is 6.69. The summed E-state index contributed by atoms with van der Waals surface area (Å²) in [4.78, 5) is 0. The van der Waals surface area contributed by atoms with Crippen LogP contribution in [0, 0.1) is 0 Å². The molecule has 0 aliphatic heterocycles. The van der Waals surface area contributed by atoms with Gasteiger partial charge in [-0.25, -0.2) is 0 Å². The second-order valence-corrected chi connectivity index (χ2v) is 5.40. The first-order chi connectivity index (χ1) is 8.14. The van der Waals surface area contributed by atoms with E-state index in [1.165, 1.54) is 25.7 Å². The van der Waals surface area contributed by atoms with E-state index in [-0.39, 0.29) is 12.0 Å². The lowest BCUT2D eigenvalue weighted by Crippen LogP contribution is -2.27. The van der Waals surface area contributed by atoms with Crippen molar-refractivity contribution in [2.75, 3.05) is 0 Å². The first-order valence-corrected chi connectivity index (χ1v) is 6.69. The molecule has 0 saturated heterocycles. The summed E-state index contributed by atoms with van der Waals surface area (Å²) in [5.41, 5.74) is 0.199. The topological polar surface area (TPSA) is 50.9 Å². The lowest BCUT2D eigenvalue weighted by Gasteiger charge is -2.28. The highest BCUT2D eigenvalue weighted by molar-refractivity contribution is 5.13. The van der Waals surface area contributed by atoms with Crippen LogP contribution in [0.5, 0.6) is 0 Å². The van der Waals surface area contributed by atoms with Gasteiger partial charge >= 0.3 is 0 Å². The molecule has 1 aliphatic rings. The number of hydrogen-bond acceptors (Lipinski definition) is 3. The molecule has 4 heteroatoms. The molecule has 1 fully saturated rings. The van der Waals surface area contributed by atoms with Crippen molar-refractivity contribution < 1.29 is 5.11 Å².